The van der Waals surface area contributed by atoms with Crippen molar-refractivity contribution in [3.05, 3.63) is 18.1 Å². The van der Waals surface area contributed by atoms with Crippen LogP contribution in [0.3, 0.4) is 0 Å². The third kappa shape index (κ3) is 2.75. The molecule has 96 valence electrons. The molecule has 0 N–H and O–H groups in total. The fourth-order valence-electron chi connectivity index (χ4n) is 2.14. The molecule has 2 heterocycles. The highest BCUT2D eigenvalue weighted by Crippen LogP contribution is 2.20. The van der Waals surface area contributed by atoms with E-state index in [1.54, 1.807) is 13.3 Å². The number of nitriles is 1. The first-order valence-corrected chi connectivity index (χ1v) is 5.85. The molecule has 0 aliphatic carbocycles. The lowest BCUT2D eigenvalue weighted by Crippen LogP contribution is -2.48. The van der Waals surface area contributed by atoms with E-state index in [1.807, 2.05) is 11.8 Å². The third-order valence-electron chi connectivity index (χ3n) is 2.76. The molecule has 1 aromatic heterocycles. The standard InChI is InChI=1S/C12H16N4O2/c1-9-6-16(7-10(18-9)8-17-2)12-11(5-13)14-3-4-15-12/h3-4,9-10H,6-8H2,1-2H3. The molecule has 1 fully saturated rings. The second kappa shape index (κ2) is 5.76. The topological polar surface area (TPSA) is 71.3 Å². The van der Waals surface area contributed by atoms with Crippen molar-refractivity contribution in [1.29, 1.82) is 5.26 Å². The van der Waals surface area contributed by atoms with Gasteiger partial charge >= 0.3 is 0 Å². The van der Waals surface area contributed by atoms with E-state index in [4.69, 9.17) is 14.7 Å². The minimum Gasteiger partial charge on any atom is -0.382 e. The smallest absolute Gasteiger partial charge is 0.183 e. The van der Waals surface area contributed by atoms with E-state index in [0.717, 1.165) is 0 Å². The molecule has 0 bridgehead atoms. The van der Waals surface area contributed by atoms with Crippen molar-refractivity contribution in [3.63, 3.8) is 0 Å². The van der Waals surface area contributed by atoms with Crippen LogP contribution in [0.15, 0.2) is 12.4 Å². The van der Waals surface area contributed by atoms with Gasteiger partial charge in [-0.05, 0) is 6.92 Å². The number of methoxy groups -OCH3 is 1. The Morgan fingerprint density at radius 3 is 3.00 bits per heavy atom. The van der Waals surface area contributed by atoms with Crippen molar-refractivity contribution >= 4 is 5.82 Å². The zero-order valence-electron chi connectivity index (χ0n) is 10.5. The second-order valence-corrected chi connectivity index (χ2v) is 4.27. The van der Waals surface area contributed by atoms with E-state index >= 15 is 0 Å². The highest BCUT2D eigenvalue weighted by molar-refractivity contribution is 5.49. The first kappa shape index (κ1) is 12.7. The zero-order chi connectivity index (χ0) is 13.0. The molecule has 0 aromatic carbocycles. The Morgan fingerprint density at radius 2 is 2.28 bits per heavy atom. The monoisotopic (exact) mass is 248 g/mol. The number of morpholine rings is 1. The zero-order valence-corrected chi connectivity index (χ0v) is 10.5. The maximum Gasteiger partial charge on any atom is 0.183 e. The molecular weight excluding hydrogens is 232 g/mol. The highest BCUT2D eigenvalue weighted by atomic mass is 16.5. The van der Waals surface area contributed by atoms with Crippen molar-refractivity contribution in [3.8, 4) is 6.07 Å². The molecule has 1 aliphatic rings. The van der Waals surface area contributed by atoms with Gasteiger partial charge in [0.1, 0.15) is 6.07 Å². The molecular formula is C12H16N4O2. The summed E-state index contributed by atoms with van der Waals surface area (Å²) in [5.41, 5.74) is 0.350. The maximum absolute atomic E-state index is 9.05. The molecule has 6 heteroatoms. The number of nitrogens with zero attached hydrogens (tertiary/aromatic N) is 4. The van der Waals surface area contributed by atoms with Crippen LogP contribution in [0.1, 0.15) is 12.6 Å². The Bertz CT molecular complexity index is 446. The average Bonchev–Trinajstić information content (AvgIpc) is 2.38. The third-order valence-corrected chi connectivity index (χ3v) is 2.76. The molecule has 0 spiro atoms. The Hall–Kier alpha value is -1.71. The fourth-order valence-corrected chi connectivity index (χ4v) is 2.14. The summed E-state index contributed by atoms with van der Waals surface area (Å²) in [6, 6.07) is 2.07. The lowest BCUT2D eigenvalue weighted by Gasteiger charge is -2.37. The molecule has 18 heavy (non-hydrogen) atoms. The van der Waals surface area contributed by atoms with E-state index < -0.39 is 0 Å². The van der Waals surface area contributed by atoms with E-state index in [1.165, 1.54) is 6.20 Å². The molecule has 6 nitrogen and oxygen atoms in total. The summed E-state index contributed by atoms with van der Waals surface area (Å²) in [6.07, 6.45) is 3.19. The minimum absolute atomic E-state index is 0.00713. The lowest BCUT2D eigenvalue weighted by molar-refractivity contribution is -0.0512. The highest BCUT2D eigenvalue weighted by Gasteiger charge is 2.27. The fraction of sp³-hybridized carbons (Fsp3) is 0.583. The van der Waals surface area contributed by atoms with Crippen LogP contribution < -0.4 is 4.90 Å². The summed E-state index contributed by atoms with van der Waals surface area (Å²) < 4.78 is 10.9. The Kier molecular flexibility index (Phi) is 4.07. The second-order valence-electron chi connectivity index (χ2n) is 4.27. The van der Waals surface area contributed by atoms with Crippen LogP contribution in [0.4, 0.5) is 5.82 Å². The van der Waals surface area contributed by atoms with E-state index in [2.05, 4.69) is 16.0 Å². The van der Waals surface area contributed by atoms with Crippen molar-refractivity contribution in [2.45, 2.75) is 19.1 Å². The summed E-state index contributed by atoms with van der Waals surface area (Å²) in [7, 11) is 1.65. The number of rotatable bonds is 3. The van der Waals surface area contributed by atoms with Gasteiger partial charge in [0.05, 0.1) is 18.8 Å². The summed E-state index contributed by atoms with van der Waals surface area (Å²) in [5, 5.41) is 9.05. The van der Waals surface area contributed by atoms with Crippen LogP contribution >= 0.6 is 0 Å². The molecule has 2 rings (SSSR count). The van der Waals surface area contributed by atoms with Gasteiger partial charge in [-0.3, -0.25) is 0 Å². The van der Waals surface area contributed by atoms with Gasteiger partial charge in [-0.15, -0.1) is 0 Å². The number of aromatic nitrogens is 2. The van der Waals surface area contributed by atoms with Crippen LogP contribution in [0.2, 0.25) is 0 Å². The largest absolute Gasteiger partial charge is 0.382 e. The molecule has 1 aliphatic heterocycles. The summed E-state index contributed by atoms with van der Waals surface area (Å²) in [4.78, 5) is 10.3. The van der Waals surface area contributed by atoms with Crippen LogP contribution in [0, 0.1) is 11.3 Å². The molecule has 0 amide bonds. The van der Waals surface area contributed by atoms with Gasteiger partial charge < -0.3 is 14.4 Å². The Morgan fingerprint density at radius 1 is 1.50 bits per heavy atom. The van der Waals surface area contributed by atoms with E-state index in [-0.39, 0.29) is 12.2 Å². The molecule has 1 saturated heterocycles. The average molecular weight is 248 g/mol. The Balaban J connectivity index is 2.19. The molecule has 0 radical (unpaired) electrons. The van der Waals surface area contributed by atoms with Gasteiger partial charge in [0, 0.05) is 32.6 Å². The van der Waals surface area contributed by atoms with Crippen molar-refractivity contribution in [1.82, 2.24) is 9.97 Å². The number of ether oxygens (including phenoxy) is 2. The van der Waals surface area contributed by atoms with Crippen LogP contribution in [0.5, 0.6) is 0 Å². The molecule has 0 saturated carbocycles. The van der Waals surface area contributed by atoms with Crippen molar-refractivity contribution in [2.24, 2.45) is 0 Å². The van der Waals surface area contributed by atoms with Crippen LogP contribution in [-0.2, 0) is 9.47 Å². The molecule has 2 unspecified atom stereocenters. The van der Waals surface area contributed by atoms with Gasteiger partial charge in [0.15, 0.2) is 11.5 Å². The SMILES string of the molecule is COCC1CN(c2nccnc2C#N)CC(C)O1. The normalized spacial score (nSPS) is 23.7. The minimum atomic E-state index is -0.00713. The van der Waals surface area contributed by atoms with Crippen molar-refractivity contribution in [2.75, 3.05) is 31.7 Å². The predicted molar refractivity (Wildman–Crippen MR) is 65.2 cm³/mol. The summed E-state index contributed by atoms with van der Waals surface area (Å²) >= 11 is 0. The van der Waals surface area contributed by atoms with Crippen LogP contribution in [0.25, 0.3) is 0 Å². The van der Waals surface area contributed by atoms with Gasteiger partial charge in [-0.2, -0.15) is 5.26 Å². The van der Waals surface area contributed by atoms with Gasteiger partial charge in [-0.25, -0.2) is 9.97 Å². The number of hydrogen-bond donors (Lipinski definition) is 0. The van der Waals surface area contributed by atoms with Gasteiger partial charge in [0.25, 0.3) is 0 Å². The predicted octanol–water partition coefficient (Wildman–Crippen LogP) is 0.588. The van der Waals surface area contributed by atoms with Crippen LogP contribution in [-0.4, -0.2) is 49.0 Å². The molecule has 2 atom stereocenters. The molecule has 1 aromatic rings. The van der Waals surface area contributed by atoms with E-state index in [0.29, 0.717) is 31.2 Å². The van der Waals surface area contributed by atoms with Gasteiger partial charge in [0.2, 0.25) is 0 Å². The summed E-state index contributed by atoms with van der Waals surface area (Å²) in [6.45, 7) is 3.89. The number of anilines is 1. The quantitative estimate of drug-likeness (QED) is 0.779. The first-order chi connectivity index (χ1) is 8.74. The summed E-state index contributed by atoms with van der Waals surface area (Å²) in [5.74, 6) is 0.622. The van der Waals surface area contributed by atoms with Gasteiger partial charge in [-0.1, -0.05) is 0 Å². The van der Waals surface area contributed by atoms with E-state index in [9.17, 15) is 0 Å². The lowest BCUT2D eigenvalue weighted by atomic mass is 10.2. The maximum atomic E-state index is 9.05. The Labute approximate surface area is 106 Å². The first-order valence-electron chi connectivity index (χ1n) is 5.85. The van der Waals surface area contributed by atoms with Crippen molar-refractivity contribution < 1.29 is 9.47 Å². The number of hydrogen-bond acceptors (Lipinski definition) is 6.